The summed E-state index contributed by atoms with van der Waals surface area (Å²) in [6, 6.07) is 3.54. The topological polar surface area (TPSA) is 106 Å². The minimum Gasteiger partial charge on any atom is -0.481 e. The highest BCUT2D eigenvalue weighted by Gasteiger charge is 2.23. The van der Waals surface area contributed by atoms with Gasteiger partial charge in [0.1, 0.15) is 0 Å². The summed E-state index contributed by atoms with van der Waals surface area (Å²) in [6.07, 6.45) is 1.78. The number of hydrogen-bond donors (Lipinski definition) is 1. The summed E-state index contributed by atoms with van der Waals surface area (Å²) in [6.45, 7) is 1.39. The molecule has 1 atom stereocenters. The van der Waals surface area contributed by atoms with E-state index in [4.69, 9.17) is 5.11 Å². The minimum absolute atomic E-state index is 0.236. The summed E-state index contributed by atoms with van der Waals surface area (Å²) in [4.78, 5) is 10.2. The molecule has 0 amide bonds. The van der Waals surface area contributed by atoms with Gasteiger partial charge in [-0.15, -0.1) is 0 Å². The molecule has 0 spiro atoms. The molecule has 1 unspecified atom stereocenters. The van der Waals surface area contributed by atoms with Crippen molar-refractivity contribution in [3.05, 3.63) is 23.8 Å². The molecule has 1 aromatic rings. The van der Waals surface area contributed by atoms with Crippen LogP contribution in [0.4, 0.5) is 0 Å². The summed E-state index contributed by atoms with van der Waals surface area (Å²) >= 11 is 0. The summed E-state index contributed by atoms with van der Waals surface area (Å²) in [5.41, 5.74) is 0.236. The molecule has 0 aromatic heterocycles. The van der Waals surface area contributed by atoms with Crippen molar-refractivity contribution in [2.75, 3.05) is 12.5 Å². The van der Waals surface area contributed by atoms with E-state index in [9.17, 15) is 21.6 Å². The number of carboxylic acids is 1. The molecule has 0 saturated carbocycles. The van der Waals surface area contributed by atoms with E-state index in [2.05, 4.69) is 0 Å². The highest BCUT2D eigenvalue weighted by atomic mass is 32.2. The normalized spacial score (nSPS) is 14.1. The molecule has 6 nitrogen and oxygen atoms in total. The van der Waals surface area contributed by atoms with Gasteiger partial charge in [-0.2, -0.15) is 0 Å². The first kappa shape index (κ1) is 15.6. The van der Waals surface area contributed by atoms with Crippen molar-refractivity contribution < 1.29 is 26.7 Å². The van der Waals surface area contributed by atoms with E-state index in [1.165, 1.54) is 13.0 Å². The van der Waals surface area contributed by atoms with E-state index in [0.29, 0.717) is 0 Å². The number of hydrogen-bond acceptors (Lipinski definition) is 5. The summed E-state index contributed by atoms with van der Waals surface area (Å²) in [5, 5.41) is 8.89. The van der Waals surface area contributed by atoms with E-state index >= 15 is 0 Å². The Balaban J connectivity index is 3.63. The number of aliphatic carboxylic acids is 1. The minimum atomic E-state index is -3.77. The molecule has 0 heterocycles. The predicted molar refractivity (Wildman–Crippen MR) is 68.7 cm³/mol. The Kier molecular flexibility index (Phi) is 4.06. The van der Waals surface area contributed by atoms with Gasteiger partial charge in [0.15, 0.2) is 19.7 Å². The molecular weight excluding hydrogens is 292 g/mol. The number of rotatable bonds is 4. The monoisotopic (exact) mass is 306 g/mol. The highest BCUT2D eigenvalue weighted by Crippen LogP contribution is 2.26. The molecule has 19 heavy (non-hydrogen) atoms. The largest absolute Gasteiger partial charge is 0.481 e. The third-order valence-electron chi connectivity index (χ3n) is 2.64. The van der Waals surface area contributed by atoms with Crippen LogP contribution in [0.2, 0.25) is 0 Å². The molecule has 0 radical (unpaired) electrons. The average molecular weight is 306 g/mol. The van der Waals surface area contributed by atoms with Crippen molar-refractivity contribution in [2.45, 2.75) is 22.6 Å². The zero-order valence-corrected chi connectivity index (χ0v) is 12.2. The molecular formula is C11H14O6S2. The van der Waals surface area contributed by atoms with Gasteiger partial charge in [0.05, 0.1) is 15.7 Å². The van der Waals surface area contributed by atoms with Crippen LogP contribution in [0, 0.1) is 0 Å². The Morgan fingerprint density at radius 1 is 1.05 bits per heavy atom. The van der Waals surface area contributed by atoms with Gasteiger partial charge in [-0.05, 0) is 24.6 Å². The second-order valence-corrected chi connectivity index (χ2v) is 8.28. The Morgan fingerprint density at radius 3 is 1.89 bits per heavy atom. The molecule has 1 N–H and O–H groups in total. The van der Waals surface area contributed by atoms with E-state index in [1.807, 2.05) is 0 Å². The molecule has 106 valence electrons. The van der Waals surface area contributed by atoms with Gasteiger partial charge in [0.2, 0.25) is 0 Å². The van der Waals surface area contributed by atoms with Crippen molar-refractivity contribution in [3.63, 3.8) is 0 Å². The van der Waals surface area contributed by atoms with Gasteiger partial charge in [0, 0.05) is 12.5 Å². The Hall–Kier alpha value is -1.41. The van der Waals surface area contributed by atoms with Gasteiger partial charge < -0.3 is 5.11 Å². The fourth-order valence-electron chi connectivity index (χ4n) is 1.53. The summed E-state index contributed by atoms with van der Waals surface area (Å²) < 4.78 is 46.3. The van der Waals surface area contributed by atoms with Gasteiger partial charge in [-0.25, -0.2) is 16.8 Å². The number of carboxylic acid groups (broad SMARTS) is 1. The second-order valence-electron chi connectivity index (χ2n) is 4.31. The average Bonchev–Trinajstić information content (AvgIpc) is 2.24. The summed E-state index contributed by atoms with van der Waals surface area (Å²) in [5.74, 6) is -2.04. The van der Waals surface area contributed by atoms with Gasteiger partial charge in [-0.3, -0.25) is 4.79 Å². The van der Waals surface area contributed by atoms with Crippen LogP contribution in [0.25, 0.3) is 0 Å². The van der Waals surface area contributed by atoms with E-state index in [-0.39, 0.29) is 15.4 Å². The lowest BCUT2D eigenvalue weighted by molar-refractivity contribution is -0.138. The Bertz CT molecular complexity index is 716. The lowest BCUT2D eigenvalue weighted by Gasteiger charge is -2.11. The Morgan fingerprint density at radius 2 is 1.53 bits per heavy atom. The molecule has 0 aliphatic carbocycles. The molecule has 0 aliphatic heterocycles. The zero-order valence-electron chi connectivity index (χ0n) is 10.6. The van der Waals surface area contributed by atoms with Crippen molar-refractivity contribution in [1.82, 2.24) is 0 Å². The first-order chi connectivity index (χ1) is 8.44. The fraction of sp³-hybridized carbons (Fsp3) is 0.364. The van der Waals surface area contributed by atoms with Crippen LogP contribution in [-0.4, -0.2) is 40.4 Å². The molecule has 1 aromatic carbocycles. The lowest BCUT2D eigenvalue weighted by Crippen LogP contribution is -2.12. The highest BCUT2D eigenvalue weighted by molar-refractivity contribution is 7.93. The zero-order chi connectivity index (χ0) is 15.0. The van der Waals surface area contributed by atoms with E-state index in [0.717, 1.165) is 24.6 Å². The standard InChI is InChI=1S/C11H14O6S2/c1-7(11(12)13)8-4-5-9(18(2,14)15)10(6-8)19(3,16)17/h4-7H,1-3H3,(H,12,13). The molecule has 0 saturated heterocycles. The summed E-state index contributed by atoms with van der Waals surface area (Å²) in [7, 11) is -7.48. The quantitative estimate of drug-likeness (QED) is 0.877. The fourth-order valence-corrected chi connectivity index (χ4v) is 3.96. The number of benzene rings is 1. The molecule has 1 rings (SSSR count). The molecule has 0 fully saturated rings. The molecule has 8 heteroatoms. The van der Waals surface area contributed by atoms with Crippen molar-refractivity contribution in [3.8, 4) is 0 Å². The van der Waals surface area contributed by atoms with E-state index in [1.54, 1.807) is 0 Å². The van der Waals surface area contributed by atoms with Crippen LogP contribution in [0.1, 0.15) is 18.4 Å². The smallest absolute Gasteiger partial charge is 0.310 e. The van der Waals surface area contributed by atoms with Crippen LogP contribution in [-0.2, 0) is 24.5 Å². The third kappa shape index (κ3) is 3.54. The van der Waals surface area contributed by atoms with Gasteiger partial charge >= 0.3 is 5.97 Å². The van der Waals surface area contributed by atoms with Crippen LogP contribution in [0.3, 0.4) is 0 Å². The van der Waals surface area contributed by atoms with Gasteiger partial charge in [0.25, 0.3) is 0 Å². The second kappa shape index (κ2) is 4.93. The van der Waals surface area contributed by atoms with Crippen LogP contribution < -0.4 is 0 Å². The van der Waals surface area contributed by atoms with Crippen LogP contribution in [0.15, 0.2) is 28.0 Å². The van der Waals surface area contributed by atoms with Crippen LogP contribution >= 0.6 is 0 Å². The van der Waals surface area contributed by atoms with Gasteiger partial charge in [-0.1, -0.05) is 6.07 Å². The van der Waals surface area contributed by atoms with E-state index < -0.39 is 31.6 Å². The Labute approximate surface area is 111 Å². The van der Waals surface area contributed by atoms with Crippen LogP contribution in [0.5, 0.6) is 0 Å². The first-order valence-electron chi connectivity index (χ1n) is 5.21. The van der Waals surface area contributed by atoms with Crippen molar-refractivity contribution in [2.24, 2.45) is 0 Å². The third-order valence-corrected chi connectivity index (χ3v) is 5.06. The number of sulfone groups is 2. The maximum Gasteiger partial charge on any atom is 0.310 e. The van der Waals surface area contributed by atoms with Crippen molar-refractivity contribution in [1.29, 1.82) is 0 Å². The first-order valence-corrected chi connectivity index (χ1v) is 8.99. The number of carbonyl (C=O) groups is 1. The maximum absolute atomic E-state index is 11.6. The maximum atomic E-state index is 11.6. The van der Waals surface area contributed by atoms with Crippen molar-refractivity contribution >= 4 is 25.6 Å². The SMILES string of the molecule is CC(C(=O)O)c1ccc(S(C)(=O)=O)c(S(C)(=O)=O)c1. The molecule has 0 aliphatic rings. The predicted octanol–water partition coefficient (Wildman–Crippen LogP) is 0.682. The lowest BCUT2D eigenvalue weighted by atomic mass is 10.0. The molecule has 0 bridgehead atoms.